The Morgan fingerprint density at radius 2 is 2.65 bits per heavy atom. The van der Waals surface area contributed by atoms with Gasteiger partial charge in [-0.25, -0.2) is 16.5 Å². The molecule has 23 heavy (non-hydrogen) atoms. The number of anilines is 1. The van der Waals surface area contributed by atoms with E-state index in [4.69, 9.17) is 23.0 Å². The zero-order valence-electron chi connectivity index (χ0n) is 24.0. The van der Waals surface area contributed by atoms with E-state index in [1.165, 1.54) is 12.3 Å². The molecule has 3 rings (SSSR count). The summed E-state index contributed by atoms with van der Waals surface area (Å²) in [6.45, 7) is -7.58. The lowest BCUT2D eigenvalue weighted by atomic mass is 9.92. The highest BCUT2D eigenvalue weighted by atomic mass is 16.2. The molecule has 2 atom stereocenters. The van der Waals surface area contributed by atoms with Gasteiger partial charge in [0.05, 0.1) is 15.5 Å². The van der Waals surface area contributed by atoms with Crippen molar-refractivity contribution in [3.8, 4) is 0 Å². The molecule has 0 unspecified atom stereocenters. The third-order valence-corrected chi connectivity index (χ3v) is 3.19. The van der Waals surface area contributed by atoms with Gasteiger partial charge in [0.25, 0.3) is 6.50 Å². The minimum atomic E-state index is -3.79. The van der Waals surface area contributed by atoms with Crippen molar-refractivity contribution in [1.82, 2.24) is 19.9 Å². The number of hydrogen-bond acceptors (Lipinski definition) is 4. The minimum Gasteiger partial charge on any atom is -0.354 e. The maximum absolute atomic E-state index is 13.0. The monoisotopic (exact) mass is 324 g/mol. The van der Waals surface area contributed by atoms with Crippen molar-refractivity contribution in [2.24, 2.45) is 5.92 Å². The summed E-state index contributed by atoms with van der Waals surface area (Å²) in [7, 11) is 1.03. The number of fused-ring (bicyclic) bond motifs is 1. The van der Waals surface area contributed by atoms with Crippen LogP contribution in [-0.2, 0) is 4.79 Å². The summed E-state index contributed by atoms with van der Waals surface area (Å²) in [5.74, 6) is -5.07. The minimum absolute atomic E-state index is 0.185. The molecule has 1 fully saturated rings. The second-order valence-electron chi connectivity index (χ2n) is 4.55. The maximum atomic E-state index is 13.0. The van der Waals surface area contributed by atoms with Gasteiger partial charge < -0.3 is 19.6 Å². The molecule has 7 heteroatoms. The first kappa shape index (κ1) is 6.48. The van der Waals surface area contributed by atoms with E-state index in [1.807, 2.05) is 0 Å². The number of hydrogen-bond donors (Lipinski definition) is 1. The van der Waals surface area contributed by atoms with Crippen molar-refractivity contribution in [2.75, 3.05) is 31.4 Å². The first-order chi connectivity index (χ1) is 15.7. The highest BCUT2D eigenvalue weighted by molar-refractivity contribution is 5.87. The number of carbonyl (C=O) groups excluding carboxylic acids is 1. The largest absolute Gasteiger partial charge is 0.354 e. The average molecular weight is 324 g/mol. The number of nitrogens with one attached hydrogen (secondary N) is 1. The number of aromatic amines is 1. The summed E-state index contributed by atoms with van der Waals surface area (Å²) < 4.78 is 99.0. The third kappa shape index (κ3) is 2.84. The normalized spacial score (nSPS) is 39.8. The molecule has 0 spiro atoms. The Hall–Kier alpha value is -2.62. The molecule has 7 nitrogen and oxygen atoms in total. The van der Waals surface area contributed by atoms with Crippen LogP contribution in [0.5, 0.6) is 0 Å². The lowest BCUT2D eigenvalue weighted by Crippen LogP contribution is -2.53. The summed E-state index contributed by atoms with van der Waals surface area (Å²) >= 11 is 0. The van der Waals surface area contributed by atoms with E-state index in [2.05, 4.69) is 19.8 Å². The fraction of sp³-hybridized carbons (Fsp3) is 0.500. The molecule has 2 aromatic rings. The number of likely N-dealkylation sites (tertiary alicyclic amines) is 1. The fourth-order valence-electron chi connectivity index (χ4n) is 2.11. The molecule has 1 aliphatic heterocycles. The molecule has 0 aliphatic carbocycles. The second kappa shape index (κ2) is 6.24. The molecule has 1 aliphatic rings. The Balaban J connectivity index is 2.42. The van der Waals surface area contributed by atoms with Gasteiger partial charge in [-0.3, -0.25) is 4.79 Å². The predicted molar refractivity (Wildman–Crippen MR) is 87.9 cm³/mol. The highest BCUT2D eigenvalue weighted by Crippen LogP contribution is 2.28. The lowest BCUT2D eigenvalue weighted by molar-refractivity contribution is -0.130. The molecule has 1 N–H and O–H groups in total. The summed E-state index contributed by atoms with van der Waals surface area (Å²) in [5.41, 5.74) is 0.211. The fourth-order valence-corrected chi connectivity index (χ4v) is 2.11. The topological polar surface area (TPSA) is 69.5 Å². The van der Waals surface area contributed by atoms with Crippen molar-refractivity contribution >= 4 is 22.8 Å². The standard InChI is InChI=1S/C16H20N6O/c1-11-5-7-22(14(23)8-17-2)9-13(11)21(3)16-12-4-6-18-15(12)19-10-20-16/h4,6,10-11,13H,5,7-9H2,1,3H3,(H,18,19,20)/t11-,13+/m1/s1/i1D3,5D2,7D2,8D2,9D2,13D. The molecule has 1 saturated heterocycles. The van der Waals surface area contributed by atoms with Crippen LogP contribution in [0.25, 0.3) is 15.9 Å². The number of rotatable bonds is 3. The van der Waals surface area contributed by atoms with E-state index >= 15 is 0 Å². The van der Waals surface area contributed by atoms with Crippen LogP contribution >= 0.6 is 0 Å². The summed E-state index contributed by atoms with van der Waals surface area (Å²) in [4.78, 5) is 26.3. The van der Waals surface area contributed by atoms with E-state index in [0.29, 0.717) is 4.90 Å². The van der Waals surface area contributed by atoms with Crippen LogP contribution < -0.4 is 4.90 Å². The van der Waals surface area contributed by atoms with Crippen LogP contribution in [0, 0.1) is 12.5 Å². The SMILES string of the molecule is [2H]C([2H])([N+]#[C-])C(=O)N1C([2H])([2H])C([2H])([2H])[C@@H](C([2H])([2H])[2H])[C@@]([2H])(N(C)c2ncnc3[nH]ccc23)C1([2H])[2H]. The molecule has 0 saturated carbocycles. The van der Waals surface area contributed by atoms with Crippen LogP contribution in [0.1, 0.15) is 29.7 Å². The smallest absolute Gasteiger partial charge is 0.302 e. The molecule has 2 aromatic heterocycles. The third-order valence-electron chi connectivity index (χ3n) is 3.19. The molecule has 3 heterocycles. The zero-order valence-corrected chi connectivity index (χ0v) is 12.0. The summed E-state index contributed by atoms with van der Waals surface area (Å²) in [5, 5.41) is 0.185. The van der Waals surface area contributed by atoms with E-state index in [0.717, 1.165) is 13.4 Å². The van der Waals surface area contributed by atoms with Crippen LogP contribution in [0.15, 0.2) is 18.6 Å². The Kier molecular flexibility index (Phi) is 1.76. The molecule has 1 amide bonds. The van der Waals surface area contributed by atoms with E-state index in [-0.39, 0.29) is 16.9 Å². The number of nitrogens with zero attached hydrogens (tertiary/aromatic N) is 5. The van der Waals surface area contributed by atoms with Gasteiger partial charge in [-0.05, 0) is 18.4 Å². The van der Waals surface area contributed by atoms with Crippen molar-refractivity contribution in [2.45, 2.75) is 19.2 Å². The van der Waals surface area contributed by atoms with E-state index in [1.54, 1.807) is 0 Å². The molecule has 0 aromatic carbocycles. The second-order valence-corrected chi connectivity index (χ2v) is 4.55. The molecule has 0 radical (unpaired) electrons. The van der Waals surface area contributed by atoms with Crippen molar-refractivity contribution in [3.63, 3.8) is 0 Å². The van der Waals surface area contributed by atoms with Gasteiger partial charge in [0.15, 0.2) is 0 Å². The van der Waals surface area contributed by atoms with Crippen LogP contribution in [0.2, 0.25) is 0 Å². The first-order valence-electron chi connectivity index (χ1n) is 12.5. The maximum Gasteiger partial charge on any atom is 0.302 e. The molecule has 120 valence electrons. The van der Waals surface area contributed by atoms with Gasteiger partial charge in [0.1, 0.15) is 20.5 Å². The highest BCUT2D eigenvalue weighted by Gasteiger charge is 2.33. The van der Waals surface area contributed by atoms with E-state index in [9.17, 15) is 4.79 Å². The van der Waals surface area contributed by atoms with Crippen molar-refractivity contribution in [1.29, 1.82) is 0 Å². The van der Waals surface area contributed by atoms with Crippen LogP contribution in [0.4, 0.5) is 5.82 Å². The van der Waals surface area contributed by atoms with Crippen molar-refractivity contribution < 1.29 is 21.2 Å². The van der Waals surface area contributed by atoms with Crippen LogP contribution in [-0.4, -0.2) is 58.3 Å². The average Bonchev–Trinajstić information content (AvgIpc) is 3.19. The first-order valence-corrected chi connectivity index (χ1v) is 6.46. The number of carbonyl (C=O) groups is 1. The Morgan fingerprint density at radius 1 is 1.78 bits per heavy atom. The quantitative estimate of drug-likeness (QED) is 0.870. The van der Waals surface area contributed by atoms with Crippen molar-refractivity contribution in [3.05, 3.63) is 30.0 Å². The Labute approximate surface area is 152 Å². The van der Waals surface area contributed by atoms with E-state index < -0.39 is 55.5 Å². The lowest BCUT2D eigenvalue weighted by Gasteiger charge is -2.41. The number of likely N-dealkylation sites (N-methyl/N-ethyl adjacent to an activating group) is 1. The summed E-state index contributed by atoms with van der Waals surface area (Å²) in [6, 6.07) is -1.89. The van der Waals surface area contributed by atoms with Gasteiger partial charge in [-0.15, -0.1) is 0 Å². The number of aromatic nitrogens is 3. The van der Waals surface area contributed by atoms with Gasteiger partial charge in [-0.1, -0.05) is 6.85 Å². The molecular formula is C16H20N6O. The number of H-pyrrole nitrogens is 1. The van der Waals surface area contributed by atoms with Gasteiger partial charge in [0, 0.05) is 35.8 Å². The van der Waals surface area contributed by atoms with Gasteiger partial charge in [0.2, 0.25) is 0 Å². The van der Waals surface area contributed by atoms with Gasteiger partial charge in [-0.2, -0.15) is 0 Å². The van der Waals surface area contributed by atoms with Crippen LogP contribution in [0.3, 0.4) is 0 Å². The zero-order chi connectivity index (χ0) is 27.0. The number of piperidine rings is 1. The summed E-state index contributed by atoms with van der Waals surface area (Å²) in [6.07, 6.45) is -1.19. The Bertz CT molecular complexity index is 1200. The molecular weight excluding hydrogens is 292 g/mol. The van der Waals surface area contributed by atoms with Gasteiger partial charge >= 0.3 is 5.91 Å². The number of amides is 1. The predicted octanol–water partition coefficient (Wildman–Crippen LogP) is 1.55. The Morgan fingerprint density at radius 3 is 3.43 bits per heavy atom. The molecule has 0 bridgehead atoms.